The highest BCUT2D eigenvalue weighted by molar-refractivity contribution is 5.89. The number of carbonyl (C=O) groups is 1. The van der Waals surface area contributed by atoms with Crippen LogP contribution in [0.4, 0.5) is 0 Å². The van der Waals surface area contributed by atoms with Crippen molar-refractivity contribution in [2.45, 2.75) is 27.4 Å². The molecule has 0 aliphatic heterocycles. The summed E-state index contributed by atoms with van der Waals surface area (Å²) in [6.45, 7) is 5.82. The third kappa shape index (κ3) is 3.68. The second-order valence-corrected chi connectivity index (χ2v) is 5.82. The average molecular weight is 322 g/mol. The van der Waals surface area contributed by atoms with E-state index in [9.17, 15) is 4.79 Å². The Kier molecular flexibility index (Phi) is 4.42. The molecule has 1 heterocycles. The lowest BCUT2D eigenvalue weighted by Gasteiger charge is -2.04. The maximum atomic E-state index is 12.1. The molecule has 0 saturated heterocycles. The molecule has 1 aromatic heterocycles. The fourth-order valence-electron chi connectivity index (χ4n) is 2.51. The van der Waals surface area contributed by atoms with Gasteiger partial charge in [-0.1, -0.05) is 34.9 Å². The Morgan fingerprint density at radius 2 is 1.75 bits per heavy atom. The molecular formula is C19H18N2O3. The van der Waals surface area contributed by atoms with Crippen LogP contribution in [0.25, 0.3) is 11.5 Å². The van der Waals surface area contributed by atoms with E-state index in [1.807, 2.05) is 51.1 Å². The van der Waals surface area contributed by atoms with Gasteiger partial charge in [0.05, 0.1) is 5.56 Å². The molecule has 0 atom stereocenters. The SMILES string of the molecule is Cc1cc(C)cc(C(=O)OCc2nnc(-c3cccc(C)c3)o2)c1. The lowest BCUT2D eigenvalue weighted by Crippen LogP contribution is -2.06. The standard InChI is InChI=1S/C19H18N2O3/c1-12-5-4-6-15(8-12)18-21-20-17(24-18)11-23-19(22)16-9-13(2)7-14(3)10-16/h4-10H,11H2,1-3H3. The number of aryl methyl sites for hydroxylation is 3. The molecule has 0 N–H and O–H groups in total. The number of ether oxygens (including phenoxy) is 1. The number of aromatic nitrogens is 2. The molecule has 5 nitrogen and oxygen atoms in total. The van der Waals surface area contributed by atoms with Gasteiger partial charge in [0.25, 0.3) is 5.89 Å². The van der Waals surface area contributed by atoms with Crippen LogP contribution >= 0.6 is 0 Å². The lowest BCUT2D eigenvalue weighted by molar-refractivity contribution is 0.0438. The molecule has 3 rings (SSSR count). The maximum absolute atomic E-state index is 12.1. The van der Waals surface area contributed by atoms with Crippen LogP contribution in [0.3, 0.4) is 0 Å². The molecular weight excluding hydrogens is 304 g/mol. The van der Waals surface area contributed by atoms with Crippen molar-refractivity contribution in [2.24, 2.45) is 0 Å². The second-order valence-electron chi connectivity index (χ2n) is 5.82. The van der Waals surface area contributed by atoms with Crippen molar-refractivity contribution < 1.29 is 13.9 Å². The highest BCUT2D eigenvalue weighted by Gasteiger charge is 2.13. The smallest absolute Gasteiger partial charge is 0.338 e. The van der Waals surface area contributed by atoms with Crippen LogP contribution in [-0.2, 0) is 11.3 Å². The highest BCUT2D eigenvalue weighted by Crippen LogP contribution is 2.19. The molecule has 0 saturated carbocycles. The van der Waals surface area contributed by atoms with E-state index in [4.69, 9.17) is 9.15 Å². The predicted molar refractivity (Wildman–Crippen MR) is 89.5 cm³/mol. The molecule has 2 aromatic carbocycles. The molecule has 122 valence electrons. The molecule has 0 aliphatic carbocycles. The van der Waals surface area contributed by atoms with Gasteiger partial charge in [0.15, 0.2) is 6.61 Å². The molecule has 0 spiro atoms. The number of rotatable bonds is 4. The molecule has 0 unspecified atom stereocenters. The van der Waals surface area contributed by atoms with Gasteiger partial charge in [-0.25, -0.2) is 4.79 Å². The molecule has 0 bridgehead atoms. The van der Waals surface area contributed by atoms with Crippen LogP contribution in [0.5, 0.6) is 0 Å². The van der Waals surface area contributed by atoms with Crippen LogP contribution in [0, 0.1) is 20.8 Å². The van der Waals surface area contributed by atoms with Crippen molar-refractivity contribution in [1.29, 1.82) is 0 Å². The minimum absolute atomic E-state index is 0.0510. The first-order valence-corrected chi connectivity index (χ1v) is 7.66. The van der Waals surface area contributed by atoms with E-state index >= 15 is 0 Å². The minimum atomic E-state index is -0.405. The van der Waals surface area contributed by atoms with Crippen molar-refractivity contribution in [2.75, 3.05) is 0 Å². The maximum Gasteiger partial charge on any atom is 0.338 e. The summed E-state index contributed by atoms with van der Waals surface area (Å²) in [5.41, 5.74) is 4.50. The molecule has 0 fully saturated rings. The highest BCUT2D eigenvalue weighted by atomic mass is 16.5. The van der Waals surface area contributed by atoms with Crippen LogP contribution in [0.2, 0.25) is 0 Å². The Labute approximate surface area is 140 Å². The van der Waals surface area contributed by atoms with E-state index in [0.717, 1.165) is 22.3 Å². The van der Waals surface area contributed by atoms with Crippen molar-refractivity contribution in [3.8, 4) is 11.5 Å². The van der Waals surface area contributed by atoms with Crippen LogP contribution < -0.4 is 0 Å². The molecule has 5 heteroatoms. The van der Waals surface area contributed by atoms with Crippen molar-refractivity contribution in [1.82, 2.24) is 10.2 Å². The zero-order valence-corrected chi connectivity index (χ0v) is 13.9. The summed E-state index contributed by atoms with van der Waals surface area (Å²) in [7, 11) is 0. The number of nitrogens with zero attached hydrogens (tertiary/aromatic N) is 2. The number of hydrogen-bond acceptors (Lipinski definition) is 5. The van der Waals surface area contributed by atoms with E-state index in [1.165, 1.54) is 0 Å². The van der Waals surface area contributed by atoms with Crippen molar-refractivity contribution >= 4 is 5.97 Å². The molecule has 24 heavy (non-hydrogen) atoms. The van der Waals surface area contributed by atoms with Crippen LogP contribution in [-0.4, -0.2) is 16.2 Å². The first-order valence-electron chi connectivity index (χ1n) is 7.66. The molecule has 3 aromatic rings. The van der Waals surface area contributed by atoms with Gasteiger partial charge in [-0.3, -0.25) is 0 Å². The number of hydrogen-bond donors (Lipinski definition) is 0. The van der Waals surface area contributed by atoms with Gasteiger partial charge in [0, 0.05) is 5.56 Å². The van der Waals surface area contributed by atoms with Gasteiger partial charge >= 0.3 is 5.97 Å². The van der Waals surface area contributed by atoms with E-state index in [1.54, 1.807) is 12.1 Å². The Morgan fingerprint density at radius 1 is 1.00 bits per heavy atom. The number of esters is 1. The van der Waals surface area contributed by atoms with Gasteiger partial charge in [0.2, 0.25) is 5.89 Å². The quantitative estimate of drug-likeness (QED) is 0.679. The summed E-state index contributed by atoms with van der Waals surface area (Å²) in [6.07, 6.45) is 0. The Hall–Kier alpha value is -2.95. The Bertz CT molecular complexity index is 864. The third-order valence-electron chi connectivity index (χ3n) is 3.52. The normalized spacial score (nSPS) is 10.6. The van der Waals surface area contributed by atoms with E-state index < -0.39 is 5.97 Å². The van der Waals surface area contributed by atoms with Gasteiger partial charge in [-0.15, -0.1) is 10.2 Å². The van der Waals surface area contributed by atoms with Crippen molar-refractivity contribution in [3.05, 3.63) is 70.6 Å². The third-order valence-corrected chi connectivity index (χ3v) is 3.52. The summed E-state index contributed by atoms with van der Waals surface area (Å²) in [5, 5.41) is 7.93. The monoisotopic (exact) mass is 322 g/mol. The zero-order chi connectivity index (χ0) is 17.1. The van der Waals surface area contributed by atoms with Gasteiger partial charge in [-0.05, 0) is 45.0 Å². The topological polar surface area (TPSA) is 65.2 Å². The molecule has 0 aliphatic rings. The van der Waals surface area contributed by atoms with Gasteiger partial charge in [0.1, 0.15) is 0 Å². The van der Waals surface area contributed by atoms with Crippen LogP contribution in [0.15, 0.2) is 46.9 Å². The molecule has 0 amide bonds. The first kappa shape index (κ1) is 15.9. The number of benzene rings is 2. The fourth-order valence-corrected chi connectivity index (χ4v) is 2.51. The van der Waals surface area contributed by atoms with E-state index in [0.29, 0.717) is 11.5 Å². The Balaban J connectivity index is 1.68. The van der Waals surface area contributed by atoms with E-state index in [-0.39, 0.29) is 12.5 Å². The Morgan fingerprint density at radius 3 is 2.46 bits per heavy atom. The number of carbonyl (C=O) groups excluding carboxylic acids is 1. The fraction of sp³-hybridized carbons (Fsp3) is 0.211. The summed E-state index contributed by atoms with van der Waals surface area (Å²) in [4.78, 5) is 12.1. The van der Waals surface area contributed by atoms with Crippen molar-refractivity contribution in [3.63, 3.8) is 0 Å². The summed E-state index contributed by atoms with van der Waals surface area (Å²) in [5.74, 6) is 0.275. The molecule has 0 radical (unpaired) electrons. The first-order chi connectivity index (χ1) is 11.5. The van der Waals surface area contributed by atoms with Crippen LogP contribution in [0.1, 0.15) is 32.9 Å². The zero-order valence-electron chi connectivity index (χ0n) is 13.9. The lowest BCUT2D eigenvalue weighted by atomic mass is 10.1. The summed E-state index contributed by atoms with van der Waals surface area (Å²) >= 11 is 0. The summed E-state index contributed by atoms with van der Waals surface area (Å²) < 4.78 is 10.8. The predicted octanol–water partition coefficient (Wildman–Crippen LogP) is 4.02. The van der Waals surface area contributed by atoms with Gasteiger partial charge < -0.3 is 9.15 Å². The van der Waals surface area contributed by atoms with E-state index in [2.05, 4.69) is 10.2 Å². The average Bonchev–Trinajstić information content (AvgIpc) is 3.00. The minimum Gasteiger partial charge on any atom is -0.452 e. The largest absolute Gasteiger partial charge is 0.452 e. The summed E-state index contributed by atoms with van der Waals surface area (Å²) in [6, 6.07) is 13.4. The van der Waals surface area contributed by atoms with Gasteiger partial charge in [-0.2, -0.15) is 0 Å². The second kappa shape index (κ2) is 6.66.